The molecule has 0 radical (unpaired) electrons. The van der Waals surface area contributed by atoms with Gasteiger partial charge in [-0.25, -0.2) is 8.37 Å². The molecule has 5 heterocycles. The summed E-state index contributed by atoms with van der Waals surface area (Å²) in [7, 11) is -9.16. The molecule has 0 aromatic carbocycles. The molecule has 27 atom stereocenters. The smallest absolute Gasteiger partial charge is 0.397 e. The van der Waals surface area contributed by atoms with E-state index in [0.29, 0.717) is 38.5 Å². The third-order valence-corrected chi connectivity index (χ3v) is 21.2. The van der Waals surface area contributed by atoms with Crippen LogP contribution in [0.3, 0.4) is 0 Å². The number of Topliss-reactive ketones (excluding diaryl/α,β-unsaturated/α-hetero) is 1. The minimum atomic E-state index is -5.20. The van der Waals surface area contributed by atoms with Crippen LogP contribution in [-0.2, 0) is 86.1 Å². The summed E-state index contributed by atoms with van der Waals surface area (Å²) < 4.78 is 135. The van der Waals surface area contributed by atoms with Crippen LogP contribution in [0.1, 0.15) is 113 Å². The van der Waals surface area contributed by atoms with Gasteiger partial charge in [-0.3, -0.25) is 18.7 Å². The summed E-state index contributed by atoms with van der Waals surface area (Å²) in [6.07, 6.45) is -26.3. The molecule has 83 heavy (non-hydrogen) atoms. The van der Waals surface area contributed by atoms with Gasteiger partial charge in [0.2, 0.25) is 0 Å². The normalized spacial score (nSPS) is 49.0. The van der Waals surface area contributed by atoms with Gasteiger partial charge in [0.1, 0.15) is 90.7 Å². The Labute approximate surface area is 483 Å². The molecule has 474 valence electrons. The van der Waals surface area contributed by atoms with E-state index < -0.39 is 190 Å². The van der Waals surface area contributed by atoms with Crippen LogP contribution in [0, 0.1) is 39.4 Å². The number of allylic oxidation sites excluding steroid dienone is 3. The van der Waals surface area contributed by atoms with Crippen LogP contribution in [0.25, 0.3) is 0 Å². The molecule has 0 bridgehead atoms. The molecule has 0 unspecified atom stereocenters. The van der Waals surface area contributed by atoms with E-state index >= 15 is 0 Å². The maximum Gasteiger partial charge on any atom is 0.397 e. The molecule has 0 amide bonds. The standard InChI is InChI=1S/C54H84O27S2/c1-23(2)12-11-17-53(9)44-28(55)20-52(8)27-13-14-31-50(5,6)32(16-18-51(31,7)26(27)15-19-54(44,52)49(63)80-53)76-48-43(35(58)30(21-71-48)81-83(67,68)69)79-45-37(60)36(59)40(25(4)74-45)77-47-39(62)42(34(57)29(75-47)22-72-82(64,65)66)78-46-38(61)41(70-10)33(56)24(3)73-46/h15,24-25,27,29-48,56-62H,1,11-14,16-22H2,2-10H3,(H,64,65,66)(H,67,68,69)/t24-,25-,27-,29-,30-,31+,32+,33-,34-,35+,36-,37-,38-,39-,40-,41+,42+,43-,44-,45+,46+,47+,48+,51-,52+,53+,54-/m1/s1. The van der Waals surface area contributed by atoms with Crippen molar-refractivity contribution in [3.05, 3.63) is 23.8 Å². The molecule has 9 N–H and O–H groups in total. The van der Waals surface area contributed by atoms with Gasteiger partial charge in [-0.05, 0) is 107 Å². The first-order valence-electron chi connectivity index (χ1n) is 28.4. The molecule has 0 aromatic heterocycles. The predicted octanol–water partition coefficient (Wildman–Crippen LogP) is 0.473. The number of ketones is 1. The van der Waals surface area contributed by atoms with Gasteiger partial charge >= 0.3 is 26.8 Å². The number of carbonyl (C=O) groups is 2. The molecule has 8 fully saturated rings. The Morgan fingerprint density at radius 3 is 2.00 bits per heavy atom. The number of hydrogen-bond donors (Lipinski definition) is 9. The number of ether oxygens (including phenoxy) is 10. The SMILES string of the molecule is C=C(C)CCC[C@]1(C)OC(=O)[C@]23CC=C4[C@@H](CC[C@H]5C(C)(C)[C@@H](O[C@@H]6OC[C@@H](OS(=O)(=O)O)[C@H](O)[C@H]6O[C@@H]6O[C@H](C)[C@@H](O[C@@H]7O[C@H](COS(=O)(=O)O)[C@@H](O)[C@H](O[C@@H]8O[C@H](C)[C@@H](O)[C@H](OC)[C@H]8O)[C@H]7O)[C@H](O)[C@H]6O)CC[C@]45C)[C@]2(C)CC(=O)[C@@H]31. The highest BCUT2D eigenvalue weighted by Gasteiger charge is 2.79. The lowest BCUT2D eigenvalue weighted by atomic mass is 9.41. The minimum absolute atomic E-state index is 0.0418. The fraction of sp³-hybridized carbons (Fsp3) is 0.889. The zero-order chi connectivity index (χ0) is 61.1. The van der Waals surface area contributed by atoms with Crippen molar-refractivity contribution in [1.82, 2.24) is 0 Å². The second-order valence-electron chi connectivity index (χ2n) is 25.8. The molecule has 9 aliphatic rings. The van der Waals surface area contributed by atoms with Gasteiger partial charge < -0.3 is 83.1 Å². The molecule has 0 aromatic rings. The van der Waals surface area contributed by atoms with Crippen LogP contribution in [-0.4, -0.2) is 222 Å². The van der Waals surface area contributed by atoms with Crippen LogP contribution in [0.4, 0.5) is 0 Å². The topological polar surface area (TPSA) is 395 Å². The summed E-state index contributed by atoms with van der Waals surface area (Å²) in [5.74, 6) is -0.958. The second-order valence-corrected chi connectivity index (χ2v) is 27.9. The number of aliphatic hydroxyl groups excluding tert-OH is 7. The van der Waals surface area contributed by atoms with E-state index in [1.165, 1.54) is 26.5 Å². The van der Waals surface area contributed by atoms with Crippen molar-refractivity contribution in [2.24, 2.45) is 39.4 Å². The van der Waals surface area contributed by atoms with Crippen LogP contribution >= 0.6 is 0 Å². The van der Waals surface area contributed by atoms with E-state index in [0.717, 1.165) is 18.4 Å². The largest absolute Gasteiger partial charge is 0.458 e. The lowest BCUT2D eigenvalue weighted by molar-refractivity contribution is -0.388. The quantitative estimate of drug-likeness (QED) is 0.0390. The van der Waals surface area contributed by atoms with Crippen LogP contribution < -0.4 is 0 Å². The van der Waals surface area contributed by atoms with Crippen molar-refractivity contribution in [2.75, 3.05) is 20.3 Å². The van der Waals surface area contributed by atoms with Gasteiger partial charge in [0.25, 0.3) is 0 Å². The maximum absolute atomic E-state index is 14.4. The van der Waals surface area contributed by atoms with Crippen molar-refractivity contribution in [1.29, 1.82) is 0 Å². The first-order valence-corrected chi connectivity index (χ1v) is 31.1. The number of rotatable bonds is 18. The van der Waals surface area contributed by atoms with Crippen LogP contribution in [0.5, 0.6) is 0 Å². The highest BCUT2D eigenvalue weighted by Crippen LogP contribution is 2.75. The zero-order valence-electron chi connectivity index (χ0n) is 48.0. The molecule has 9 rings (SSSR count). The number of hydrogen-bond acceptors (Lipinski definition) is 25. The number of aliphatic hydroxyl groups is 7. The molecular weight excluding hydrogens is 1140 g/mol. The monoisotopic (exact) mass is 1230 g/mol. The minimum Gasteiger partial charge on any atom is -0.458 e. The fourth-order valence-corrected chi connectivity index (χ4v) is 16.9. The van der Waals surface area contributed by atoms with Gasteiger partial charge in [0.05, 0.1) is 42.9 Å². The lowest BCUT2D eigenvalue weighted by Crippen LogP contribution is -2.67. The Balaban J connectivity index is 0.914. The summed E-state index contributed by atoms with van der Waals surface area (Å²) in [5.41, 5.74) is -1.48. The predicted molar refractivity (Wildman–Crippen MR) is 280 cm³/mol. The zero-order valence-corrected chi connectivity index (χ0v) is 49.7. The second kappa shape index (κ2) is 23.6. The van der Waals surface area contributed by atoms with Gasteiger partial charge in [-0.15, -0.1) is 6.58 Å². The van der Waals surface area contributed by atoms with Crippen molar-refractivity contribution in [3.63, 3.8) is 0 Å². The number of carbonyl (C=O) groups excluding carboxylic acids is 2. The third-order valence-electron chi connectivity index (χ3n) is 20.2. The summed E-state index contributed by atoms with van der Waals surface area (Å²) in [6.45, 7) is 17.4. The molecule has 3 saturated carbocycles. The van der Waals surface area contributed by atoms with Crippen molar-refractivity contribution in [3.8, 4) is 0 Å². The highest BCUT2D eigenvalue weighted by atomic mass is 32.3. The Morgan fingerprint density at radius 1 is 0.723 bits per heavy atom. The van der Waals surface area contributed by atoms with Crippen LogP contribution in [0.2, 0.25) is 0 Å². The molecular formula is C54H84O27S2. The van der Waals surface area contributed by atoms with Crippen molar-refractivity contribution >= 4 is 32.6 Å². The Bertz CT molecular complexity index is 2680. The summed E-state index contributed by atoms with van der Waals surface area (Å²) in [6, 6.07) is 0. The molecule has 4 aliphatic carbocycles. The van der Waals surface area contributed by atoms with Gasteiger partial charge in [0.15, 0.2) is 25.2 Å². The highest BCUT2D eigenvalue weighted by molar-refractivity contribution is 7.81. The maximum atomic E-state index is 14.4. The van der Waals surface area contributed by atoms with Gasteiger partial charge in [-0.2, -0.15) is 16.8 Å². The molecule has 29 heteroatoms. The average Bonchev–Trinajstić information content (AvgIpc) is 1.58. The van der Waals surface area contributed by atoms with Crippen molar-refractivity contribution < 1.29 is 127 Å². The van der Waals surface area contributed by atoms with E-state index in [1.807, 2.05) is 13.8 Å². The van der Waals surface area contributed by atoms with E-state index in [2.05, 4.69) is 44.5 Å². The number of esters is 1. The molecule has 27 nitrogen and oxygen atoms in total. The number of cyclic esters (lactones) is 1. The van der Waals surface area contributed by atoms with Gasteiger partial charge in [-0.1, -0.05) is 44.9 Å². The Hall–Kier alpha value is -2.28. The lowest BCUT2D eigenvalue weighted by Gasteiger charge is -2.63. The van der Waals surface area contributed by atoms with E-state index in [9.17, 15) is 71.3 Å². The summed E-state index contributed by atoms with van der Waals surface area (Å²) in [5, 5.41) is 79.6. The summed E-state index contributed by atoms with van der Waals surface area (Å²) in [4.78, 5) is 28.7. The number of fused-ring (bicyclic) bond motifs is 4. The van der Waals surface area contributed by atoms with E-state index in [-0.39, 0.29) is 30.0 Å². The molecule has 5 aliphatic heterocycles. The number of methoxy groups -OCH3 is 1. The molecule has 1 spiro atoms. The Morgan fingerprint density at radius 2 is 1.35 bits per heavy atom. The summed E-state index contributed by atoms with van der Waals surface area (Å²) >= 11 is 0. The first-order chi connectivity index (χ1) is 38.5. The fourth-order valence-electron chi connectivity index (χ4n) is 16.1. The Kier molecular flexibility index (Phi) is 18.5. The third kappa shape index (κ3) is 11.7. The van der Waals surface area contributed by atoms with Crippen LogP contribution in [0.15, 0.2) is 23.8 Å². The van der Waals surface area contributed by atoms with Crippen molar-refractivity contribution in [2.45, 2.75) is 242 Å². The van der Waals surface area contributed by atoms with Gasteiger partial charge in [0, 0.05) is 13.5 Å². The van der Waals surface area contributed by atoms with E-state index in [4.69, 9.17) is 51.6 Å². The van der Waals surface area contributed by atoms with E-state index in [1.54, 1.807) is 0 Å². The average molecular weight is 1230 g/mol. The molecule has 5 saturated heterocycles. The first kappa shape index (κ1) is 65.2.